The molecule has 4 aliphatic rings. The number of aryl methyl sites for hydroxylation is 1. The Balaban J connectivity index is 1.38. The van der Waals surface area contributed by atoms with Gasteiger partial charge in [-0.2, -0.15) is 0 Å². The monoisotopic (exact) mass is 632 g/mol. The minimum atomic E-state index is -2.78. The zero-order valence-electron chi connectivity index (χ0n) is 25.4. The molecule has 13 heteroatoms. The molecule has 10 nitrogen and oxygen atoms in total. The number of nitrogens with one attached hydrogen (secondary N) is 1. The lowest BCUT2D eigenvalue weighted by atomic mass is 9.66. The van der Waals surface area contributed by atoms with Crippen molar-refractivity contribution in [3.05, 3.63) is 39.7 Å². The molecule has 0 bridgehead atoms. The molecule has 2 saturated carbocycles. The summed E-state index contributed by atoms with van der Waals surface area (Å²) in [6.45, 7) is 2.87. The average Bonchev–Trinajstić information content (AvgIpc) is 3.53. The molecule has 3 amide bonds. The van der Waals surface area contributed by atoms with E-state index in [4.69, 9.17) is 16.3 Å². The standard InChI is InChI=1S/C31H39ClF2N6O4/c1-30(29(43)35-2)10-5-4-6-19(30)28(42)40-13-9-18-20(32)7-8-23(44-16-21-26(27(33)34)38(3)37-36-21)25(18)22(40)15-39-17-31(11-12-31)14-24(39)41/h7-8,19,22,27H,4-6,9-17H2,1-3H3,(H,35,43)/t19-,22+,30-/m0/s1. The number of fused-ring (bicyclic) bond motifs is 1. The van der Waals surface area contributed by atoms with Gasteiger partial charge in [0.15, 0.2) is 0 Å². The van der Waals surface area contributed by atoms with Gasteiger partial charge in [0.2, 0.25) is 17.7 Å². The van der Waals surface area contributed by atoms with E-state index >= 15 is 0 Å². The predicted octanol–water partition coefficient (Wildman–Crippen LogP) is 4.37. The molecule has 0 unspecified atom stereocenters. The maximum absolute atomic E-state index is 14.6. The van der Waals surface area contributed by atoms with E-state index in [1.54, 1.807) is 24.1 Å². The maximum atomic E-state index is 14.6. The van der Waals surface area contributed by atoms with Gasteiger partial charge in [-0.25, -0.2) is 13.5 Å². The van der Waals surface area contributed by atoms with Gasteiger partial charge in [-0.05, 0) is 62.1 Å². The zero-order chi connectivity index (χ0) is 31.4. The van der Waals surface area contributed by atoms with E-state index in [-0.39, 0.29) is 47.7 Å². The number of likely N-dealkylation sites (tertiary alicyclic amines) is 1. The van der Waals surface area contributed by atoms with Crippen molar-refractivity contribution in [3.8, 4) is 5.75 Å². The Morgan fingerprint density at radius 3 is 2.68 bits per heavy atom. The fourth-order valence-corrected chi connectivity index (χ4v) is 7.90. The second-order valence-electron chi connectivity index (χ2n) is 13.1. The second-order valence-corrected chi connectivity index (χ2v) is 13.5. The average molecular weight is 633 g/mol. The summed E-state index contributed by atoms with van der Waals surface area (Å²) in [6.07, 6.45) is 3.09. The Morgan fingerprint density at radius 1 is 1.23 bits per heavy atom. The first-order chi connectivity index (χ1) is 21.0. The number of hydrogen-bond acceptors (Lipinski definition) is 6. The van der Waals surface area contributed by atoms with Crippen LogP contribution in [0.1, 0.15) is 86.9 Å². The van der Waals surface area contributed by atoms with Crippen LogP contribution in [0.2, 0.25) is 5.02 Å². The number of nitrogens with zero attached hydrogens (tertiary/aromatic N) is 5. The first-order valence-electron chi connectivity index (χ1n) is 15.4. The zero-order valence-corrected chi connectivity index (χ0v) is 26.1. The maximum Gasteiger partial charge on any atom is 0.282 e. The summed E-state index contributed by atoms with van der Waals surface area (Å²) < 4.78 is 34.7. The third-order valence-electron chi connectivity index (χ3n) is 10.4. The number of benzene rings is 1. The highest BCUT2D eigenvalue weighted by Gasteiger charge is 2.53. The lowest BCUT2D eigenvalue weighted by molar-refractivity contribution is -0.153. The van der Waals surface area contributed by atoms with Crippen molar-refractivity contribution in [2.75, 3.05) is 26.7 Å². The van der Waals surface area contributed by atoms with Crippen molar-refractivity contribution in [2.45, 2.75) is 77.4 Å². The molecule has 44 heavy (non-hydrogen) atoms. The van der Waals surface area contributed by atoms with Crippen molar-refractivity contribution in [1.82, 2.24) is 30.1 Å². The van der Waals surface area contributed by atoms with Crippen LogP contribution < -0.4 is 10.1 Å². The van der Waals surface area contributed by atoms with Gasteiger partial charge >= 0.3 is 0 Å². The molecule has 1 aromatic carbocycles. The van der Waals surface area contributed by atoms with Crippen molar-refractivity contribution in [2.24, 2.45) is 23.8 Å². The fourth-order valence-electron chi connectivity index (χ4n) is 7.64. The van der Waals surface area contributed by atoms with Crippen molar-refractivity contribution in [3.63, 3.8) is 0 Å². The van der Waals surface area contributed by atoms with Gasteiger partial charge in [-0.15, -0.1) is 5.10 Å². The van der Waals surface area contributed by atoms with Gasteiger partial charge in [0, 0.05) is 50.7 Å². The SMILES string of the molecule is CNC(=O)[C@@]1(C)CCCC[C@H]1C(=O)N1CCc2c(Cl)ccc(OCc3nnn(C)c3C(F)F)c2[C@H]1CN1CC2(CC2)CC1=O. The molecule has 1 spiro atoms. The molecular formula is C31H39ClF2N6O4. The van der Waals surface area contributed by atoms with Crippen LogP contribution in [0.4, 0.5) is 8.78 Å². The van der Waals surface area contributed by atoms with E-state index in [1.165, 1.54) is 7.05 Å². The summed E-state index contributed by atoms with van der Waals surface area (Å²) in [7, 11) is 3.00. The minimum absolute atomic E-state index is 0.0143. The van der Waals surface area contributed by atoms with Crippen molar-refractivity contribution in [1.29, 1.82) is 0 Å². The molecule has 238 valence electrons. The van der Waals surface area contributed by atoms with Gasteiger partial charge in [0.25, 0.3) is 6.43 Å². The Labute approximate surface area is 260 Å². The molecular weight excluding hydrogens is 594 g/mol. The molecule has 2 aliphatic carbocycles. The molecule has 3 atom stereocenters. The summed E-state index contributed by atoms with van der Waals surface area (Å²) in [6, 6.07) is 2.80. The number of alkyl halides is 2. The van der Waals surface area contributed by atoms with Crippen molar-refractivity contribution >= 4 is 29.3 Å². The molecule has 3 fully saturated rings. The molecule has 1 N–H and O–H groups in total. The fraction of sp³-hybridized carbons (Fsp3) is 0.645. The molecule has 0 radical (unpaired) electrons. The van der Waals surface area contributed by atoms with Gasteiger partial charge < -0.3 is 19.9 Å². The summed E-state index contributed by atoms with van der Waals surface area (Å²) in [5, 5.41) is 10.9. The number of halogens is 3. The van der Waals surface area contributed by atoms with Gasteiger partial charge in [-0.1, -0.05) is 29.7 Å². The van der Waals surface area contributed by atoms with E-state index in [2.05, 4.69) is 15.6 Å². The van der Waals surface area contributed by atoms with E-state index < -0.39 is 23.8 Å². The molecule has 6 rings (SSSR count). The number of amides is 3. The number of ether oxygens (including phenoxy) is 1. The van der Waals surface area contributed by atoms with Crippen LogP contribution in [-0.2, 0) is 34.5 Å². The first-order valence-corrected chi connectivity index (χ1v) is 15.8. The molecule has 1 aromatic heterocycles. The molecule has 3 heterocycles. The normalized spacial score (nSPS) is 25.8. The summed E-state index contributed by atoms with van der Waals surface area (Å²) in [4.78, 5) is 44.6. The second kappa shape index (κ2) is 11.6. The van der Waals surface area contributed by atoms with Gasteiger partial charge in [-0.3, -0.25) is 14.4 Å². The number of hydrogen-bond donors (Lipinski definition) is 1. The smallest absolute Gasteiger partial charge is 0.282 e. The van der Waals surface area contributed by atoms with Crippen LogP contribution in [0.3, 0.4) is 0 Å². The molecule has 2 aliphatic heterocycles. The number of carbonyl (C=O) groups is 3. The lowest BCUT2D eigenvalue weighted by Crippen LogP contribution is -2.54. The quantitative estimate of drug-likeness (QED) is 0.463. The van der Waals surface area contributed by atoms with Crippen LogP contribution in [0, 0.1) is 16.7 Å². The van der Waals surface area contributed by atoms with E-state index in [9.17, 15) is 23.2 Å². The van der Waals surface area contributed by atoms with E-state index in [0.717, 1.165) is 35.9 Å². The van der Waals surface area contributed by atoms with Crippen molar-refractivity contribution < 1.29 is 27.9 Å². The lowest BCUT2D eigenvalue weighted by Gasteiger charge is -2.46. The largest absolute Gasteiger partial charge is 0.487 e. The highest BCUT2D eigenvalue weighted by atomic mass is 35.5. The van der Waals surface area contributed by atoms with Crippen LogP contribution in [-0.4, -0.2) is 69.2 Å². The highest BCUT2D eigenvalue weighted by molar-refractivity contribution is 6.31. The van der Waals surface area contributed by atoms with Gasteiger partial charge in [0.05, 0.1) is 17.4 Å². The molecule has 2 aromatic rings. The third-order valence-corrected chi connectivity index (χ3v) is 10.7. The Morgan fingerprint density at radius 2 is 2.00 bits per heavy atom. The van der Waals surface area contributed by atoms with Crippen LogP contribution >= 0.6 is 11.6 Å². The summed E-state index contributed by atoms with van der Waals surface area (Å²) in [5.74, 6) is -0.357. The number of aromatic nitrogens is 3. The topological polar surface area (TPSA) is 110 Å². The van der Waals surface area contributed by atoms with Gasteiger partial charge in [0.1, 0.15) is 23.7 Å². The number of rotatable bonds is 8. The van der Waals surface area contributed by atoms with Crippen LogP contribution in [0.25, 0.3) is 0 Å². The van der Waals surface area contributed by atoms with Crippen LogP contribution in [0.15, 0.2) is 12.1 Å². The van der Waals surface area contributed by atoms with E-state index in [1.807, 2.05) is 11.8 Å². The number of carbonyl (C=O) groups excluding carboxylic acids is 3. The third kappa shape index (κ3) is 5.32. The predicted molar refractivity (Wildman–Crippen MR) is 157 cm³/mol. The summed E-state index contributed by atoms with van der Waals surface area (Å²) >= 11 is 6.73. The Kier molecular flexibility index (Phi) is 8.09. The van der Waals surface area contributed by atoms with E-state index in [0.29, 0.717) is 55.1 Å². The first kappa shape index (κ1) is 30.7. The Bertz CT molecular complexity index is 1480. The molecule has 1 saturated heterocycles. The Hall–Kier alpha value is -3.28. The van der Waals surface area contributed by atoms with Crippen LogP contribution in [0.5, 0.6) is 5.75 Å². The minimum Gasteiger partial charge on any atom is -0.487 e. The summed E-state index contributed by atoms with van der Waals surface area (Å²) in [5.41, 5.74) is 0.320. The highest BCUT2D eigenvalue weighted by Crippen LogP contribution is 2.54.